The van der Waals surface area contributed by atoms with Crippen LogP contribution in [0.1, 0.15) is 11.1 Å². The zero-order chi connectivity index (χ0) is 13.8. The number of rotatable bonds is 4. The van der Waals surface area contributed by atoms with Crippen molar-refractivity contribution in [1.82, 2.24) is 0 Å². The predicted molar refractivity (Wildman–Crippen MR) is 77.9 cm³/mol. The molecule has 0 aliphatic rings. The zero-order valence-corrected chi connectivity index (χ0v) is 11.5. The molecule has 19 heavy (non-hydrogen) atoms. The molecule has 2 N–H and O–H groups in total. The molecule has 0 saturated heterocycles. The Morgan fingerprint density at radius 3 is 2.68 bits per heavy atom. The van der Waals surface area contributed by atoms with Crippen molar-refractivity contribution < 1.29 is 4.39 Å². The van der Waals surface area contributed by atoms with Gasteiger partial charge >= 0.3 is 0 Å². The molecule has 0 aromatic heterocycles. The van der Waals surface area contributed by atoms with Crippen LogP contribution in [0.4, 0.5) is 10.1 Å². The Kier molecular flexibility index (Phi) is 4.40. The monoisotopic (exact) mass is 278 g/mol. The average Bonchev–Trinajstić information content (AvgIpc) is 2.38. The number of hydrogen-bond acceptors (Lipinski definition) is 2. The molecule has 0 unspecified atom stereocenters. The first-order valence-electron chi connectivity index (χ1n) is 6.04. The summed E-state index contributed by atoms with van der Waals surface area (Å²) in [5.41, 5.74) is 8.62. The smallest absolute Gasteiger partial charge is 0.123 e. The second kappa shape index (κ2) is 6.04. The fourth-order valence-electron chi connectivity index (χ4n) is 2.06. The molecule has 0 fully saturated rings. The van der Waals surface area contributed by atoms with Crippen molar-refractivity contribution in [3.63, 3.8) is 0 Å². The standard InChI is InChI=1S/C15H16ClFN2/c1-19(10-11-3-2-4-14(17)7-11)15-8-13(16)6-5-12(15)9-18/h2-8H,9-10,18H2,1H3. The van der Waals surface area contributed by atoms with Crippen molar-refractivity contribution in [3.8, 4) is 0 Å². The van der Waals surface area contributed by atoms with Crippen LogP contribution in [-0.4, -0.2) is 7.05 Å². The van der Waals surface area contributed by atoms with E-state index < -0.39 is 0 Å². The first kappa shape index (κ1) is 13.8. The summed E-state index contributed by atoms with van der Waals surface area (Å²) in [5.74, 6) is -0.226. The van der Waals surface area contributed by atoms with E-state index in [0.717, 1.165) is 16.8 Å². The van der Waals surface area contributed by atoms with E-state index in [1.165, 1.54) is 12.1 Å². The number of hydrogen-bond donors (Lipinski definition) is 1. The highest BCUT2D eigenvalue weighted by atomic mass is 35.5. The normalized spacial score (nSPS) is 10.5. The van der Waals surface area contributed by atoms with Gasteiger partial charge < -0.3 is 10.6 Å². The Morgan fingerprint density at radius 1 is 1.21 bits per heavy atom. The van der Waals surface area contributed by atoms with E-state index >= 15 is 0 Å². The number of halogens is 2. The third-order valence-corrected chi connectivity index (χ3v) is 3.22. The maximum atomic E-state index is 13.2. The molecule has 0 saturated carbocycles. The molecule has 2 aromatic rings. The Bertz CT molecular complexity index is 572. The van der Waals surface area contributed by atoms with Crippen LogP contribution < -0.4 is 10.6 Å². The third kappa shape index (κ3) is 3.46. The molecular formula is C15H16ClFN2. The van der Waals surface area contributed by atoms with Crippen molar-refractivity contribution in [2.45, 2.75) is 13.1 Å². The summed E-state index contributed by atoms with van der Waals surface area (Å²) in [5, 5.41) is 0.665. The third-order valence-electron chi connectivity index (χ3n) is 2.99. The molecule has 2 rings (SSSR count). The van der Waals surface area contributed by atoms with Gasteiger partial charge in [0, 0.05) is 30.8 Å². The first-order chi connectivity index (χ1) is 9.10. The van der Waals surface area contributed by atoms with Crippen molar-refractivity contribution in [3.05, 3.63) is 64.4 Å². The van der Waals surface area contributed by atoms with Gasteiger partial charge in [-0.2, -0.15) is 0 Å². The molecule has 0 radical (unpaired) electrons. The molecule has 0 aliphatic carbocycles. The van der Waals surface area contributed by atoms with Crippen LogP contribution in [0, 0.1) is 5.82 Å². The van der Waals surface area contributed by atoms with Gasteiger partial charge in [-0.25, -0.2) is 4.39 Å². The maximum absolute atomic E-state index is 13.2. The van der Waals surface area contributed by atoms with E-state index in [0.29, 0.717) is 18.1 Å². The highest BCUT2D eigenvalue weighted by molar-refractivity contribution is 6.30. The largest absolute Gasteiger partial charge is 0.370 e. The fourth-order valence-corrected chi connectivity index (χ4v) is 2.23. The molecule has 0 bridgehead atoms. The van der Waals surface area contributed by atoms with Gasteiger partial charge in [0.25, 0.3) is 0 Å². The van der Waals surface area contributed by atoms with Crippen LogP contribution in [0.3, 0.4) is 0 Å². The van der Waals surface area contributed by atoms with Crippen LogP contribution in [0.25, 0.3) is 0 Å². The maximum Gasteiger partial charge on any atom is 0.123 e. The topological polar surface area (TPSA) is 29.3 Å². The van der Waals surface area contributed by atoms with Crippen LogP contribution in [0.2, 0.25) is 5.02 Å². The minimum Gasteiger partial charge on any atom is -0.370 e. The van der Waals surface area contributed by atoms with Crippen LogP contribution in [0.5, 0.6) is 0 Å². The molecule has 100 valence electrons. The summed E-state index contributed by atoms with van der Waals surface area (Å²) < 4.78 is 13.2. The van der Waals surface area contributed by atoms with Gasteiger partial charge in [0.05, 0.1) is 0 Å². The van der Waals surface area contributed by atoms with E-state index in [1.54, 1.807) is 6.07 Å². The summed E-state index contributed by atoms with van der Waals surface area (Å²) in [7, 11) is 1.94. The molecule has 0 amide bonds. The van der Waals surface area contributed by atoms with Gasteiger partial charge in [-0.1, -0.05) is 29.8 Å². The number of benzene rings is 2. The molecular weight excluding hydrogens is 263 g/mol. The van der Waals surface area contributed by atoms with Crippen LogP contribution >= 0.6 is 11.6 Å². The summed E-state index contributed by atoms with van der Waals surface area (Å²) in [4.78, 5) is 2.02. The number of anilines is 1. The van der Waals surface area contributed by atoms with Gasteiger partial charge in [0.15, 0.2) is 0 Å². The Hall–Kier alpha value is -1.58. The highest BCUT2D eigenvalue weighted by Crippen LogP contribution is 2.25. The molecule has 2 aromatic carbocycles. The molecule has 0 spiro atoms. The Labute approximate surface area is 117 Å². The van der Waals surface area contributed by atoms with Crippen molar-refractivity contribution in [2.24, 2.45) is 5.73 Å². The van der Waals surface area contributed by atoms with Crippen molar-refractivity contribution in [1.29, 1.82) is 0 Å². The number of nitrogens with two attached hydrogens (primary N) is 1. The Balaban J connectivity index is 2.24. The van der Waals surface area contributed by atoms with E-state index in [2.05, 4.69) is 0 Å². The van der Waals surface area contributed by atoms with E-state index in [4.69, 9.17) is 17.3 Å². The second-order valence-corrected chi connectivity index (χ2v) is 4.90. The summed E-state index contributed by atoms with van der Waals surface area (Å²) in [6, 6.07) is 12.2. The van der Waals surface area contributed by atoms with Gasteiger partial charge in [0.1, 0.15) is 5.82 Å². The SMILES string of the molecule is CN(Cc1cccc(F)c1)c1cc(Cl)ccc1CN. The summed E-state index contributed by atoms with van der Waals surface area (Å²) in [6.07, 6.45) is 0. The molecule has 2 nitrogen and oxygen atoms in total. The Morgan fingerprint density at radius 2 is 2.00 bits per heavy atom. The minimum atomic E-state index is -0.226. The van der Waals surface area contributed by atoms with Crippen molar-refractivity contribution >= 4 is 17.3 Å². The fraction of sp³-hybridized carbons (Fsp3) is 0.200. The molecule has 0 aliphatic heterocycles. The summed E-state index contributed by atoms with van der Waals surface area (Å²) >= 11 is 6.02. The molecule has 4 heteroatoms. The van der Waals surface area contributed by atoms with Crippen molar-refractivity contribution in [2.75, 3.05) is 11.9 Å². The highest BCUT2D eigenvalue weighted by Gasteiger charge is 2.08. The lowest BCUT2D eigenvalue weighted by Crippen LogP contribution is -2.19. The van der Waals surface area contributed by atoms with Gasteiger partial charge in [-0.15, -0.1) is 0 Å². The van der Waals surface area contributed by atoms with E-state index in [-0.39, 0.29) is 5.82 Å². The predicted octanol–water partition coefficient (Wildman–Crippen LogP) is 3.57. The van der Waals surface area contributed by atoms with Gasteiger partial charge in [-0.05, 0) is 35.4 Å². The lowest BCUT2D eigenvalue weighted by Gasteiger charge is -2.22. The second-order valence-electron chi connectivity index (χ2n) is 4.46. The molecule has 0 heterocycles. The van der Waals surface area contributed by atoms with Crippen LogP contribution in [0.15, 0.2) is 42.5 Å². The van der Waals surface area contributed by atoms with Gasteiger partial charge in [-0.3, -0.25) is 0 Å². The first-order valence-corrected chi connectivity index (χ1v) is 6.42. The quantitative estimate of drug-likeness (QED) is 0.926. The summed E-state index contributed by atoms with van der Waals surface area (Å²) in [6.45, 7) is 1.05. The van der Waals surface area contributed by atoms with Crippen LogP contribution in [-0.2, 0) is 13.1 Å². The molecule has 0 atom stereocenters. The van der Waals surface area contributed by atoms with Gasteiger partial charge in [0.2, 0.25) is 0 Å². The lowest BCUT2D eigenvalue weighted by molar-refractivity contribution is 0.625. The van der Waals surface area contributed by atoms with E-state index in [1.807, 2.05) is 36.2 Å². The lowest BCUT2D eigenvalue weighted by atomic mass is 10.1. The zero-order valence-electron chi connectivity index (χ0n) is 10.7. The number of nitrogens with zero attached hydrogens (tertiary/aromatic N) is 1. The minimum absolute atomic E-state index is 0.226. The van der Waals surface area contributed by atoms with E-state index in [9.17, 15) is 4.39 Å². The average molecular weight is 279 g/mol.